The standard InChI is InChI=1S/C13H17F2NO2/c1-13(2,7-12(17)18)8-16(3)9-4-5-10(14)11(15)6-9/h4-6H,7-8H2,1-3H3,(H,17,18). The fourth-order valence-corrected chi connectivity index (χ4v) is 1.92. The molecule has 0 radical (unpaired) electrons. The van der Waals surface area contributed by atoms with Crippen molar-refractivity contribution in [2.75, 3.05) is 18.5 Å². The molecule has 0 spiro atoms. The van der Waals surface area contributed by atoms with E-state index >= 15 is 0 Å². The molecule has 0 saturated carbocycles. The molecule has 0 aliphatic rings. The van der Waals surface area contributed by atoms with Gasteiger partial charge >= 0.3 is 5.97 Å². The third kappa shape index (κ3) is 3.98. The second-order valence-corrected chi connectivity index (χ2v) is 5.19. The fourth-order valence-electron chi connectivity index (χ4n) is 1.92. The van der Waals surface area contributed by atoms with Gasteiger partial charge in [0.1, 0.15) is 0 Å². The Morgan fingerprint density at radius 1 is 1.33 bits per heavy atom. The Kier molecular flexibility index (Phi) is 4.27. The molecule has 5 heteroatoms. The van der Waals surface area contributed by atoms with E-state index in [0.717, 1.165) is 12.1 Å². The van der Waals surface area contributed by atoms with Crippen molar-refractivity contribution in [3.63, 3.8) is 0 Å². The molecule has 0 amide bonds. The molecule has 0 aliphatic heterocycles. The van der Waals surface area contributed by atoms with Gasteiger partial charge in [-0.05, 0) is 17.5 Å². The van der Waals surface area contributed by atoms with Crippen molar-refractivity contribution >= 4 is 11.7 Å². The van der Waals surface area contributed by atoms with E-state index in [1.165, 1.54) is 6.07 Å². The molecular formula is C13H17F2NO2. The predicted molar refractivity (Wildman–Crippen MR) is 65.7 cm³/mol. The molecular weight excluding hydrogens is 240 g/mol. The normalized spacial score (nSPS) is 11.4. The number of rotatable bonds is 5. The van der Waals surface area contributed by atoms with Crippen LogP contribution in [-0.2, 0) is 4.79 Å². The average Bonchev–Trinajstić information content (AvgIpc) is 2.19. The second kappa shape index (κ2) is 5.33. The summed E-state index contributed by atoms with van der Waals surface area (Å²) < 4.78 is 25.9. The van der Waals surface area contributed by atoms with Crippen LogP contribution in [0, 0.1) is 17.0 Å². The van der Waals surface area contributed by atoms with E-state index in [2.05, 4.69) is 0 Å². The minimum atomic E-state index is -0.907. The molecule has 0 fully saturated rings. The second-order valence-electron chi connectivity index (χ2n) is 5.19. The summed E-state index contributed by atoms with van der Waals surface area (Å²) >= 11 is 0. The maximum atomic E-state index is 13.1. The van der Waals surface area contributed by atoms with Crippen LogP contribution in [0.15, 0.2) is 18.2 Å². The minimum Gasteiger partial charge on any atom is -0.481 e. The number of aliphatic carboxylic acids is 1. The number of carboxylic acids is 1. The Morgan fingerprint density at radius 3 is 2.44 bits per heavy atom. The van der Waals surface area contributed by atoms with Crippen molar-refractivity contribution in [1.29, 1.82) is 0 Å². The highest BCUT2D eigenvalue weighted by atomic mass is 19.2. The van der Waals surface area contributed by atoms with Gasteiger partial charge in [-0.1, -0.05) is 13.8 Å². The summed E-state index contributed by atoms with van der Waals surface area (Å²) in [4.78, 5) is 12.4. The molecule has 0 saturated heterocycles. The lowest BCUT2D eigenvalue weighted by Gasteiger charge is -2.30. The van der Waals surface area contributed by atoms with Gasteiger partial charge in [0.05, 0.1) is 6.42 Å². The van der Waals surface area contributed by atoms with Crippen LogP contribution in [0.25, 0.3) is 0 Å². The first kappa shape index (κ1) is 14.4. The number of carboxylic acid groups (broad SMARTS) is 1. The number of nitrogens with zero attached hydrogens (tertiary/aromatic N) is 1. The summed E-state index contributed by atoms with van der Waals surface area (Å²) in [6.07, 6.45) is 0.0149. The zero-order valence-corrected chi connectivity index (χ0v) is 10.7. The number of hydrogen-bond donors (Lipinski definition) is 1. The lowest BCUT2D eigenvalue weighted by molar-refractivity contribution is -0.139. The Hall–Kier alpha value is -1.65. The van der Waals surface area contributed by atoms with Crippen LogP contribution in [0.3, 0.4) is 0 Å². The van der Waals surface area contributed by atoms with Crippen LogP contribution in [0.2, 0.25) is 0 Å². The molecule has 0 unspecified atom stereocenters. The highest BCUT2D eigenvalue weighted by Gasteiger charge is 2.24. The largest absolute Gasteiger partial charge is 0.481 e. The van der Waals surface area contributed by atoms with Gasteiger partial charge in [-0.25, -0.2) is 8.78 Å². The average molecular weight is 257 g/mol. The lowest BCUT2D eigenvalue weighted by atomic mass is 9.88. The van der Waals surface area contributed by atoms with Crippen LogP contribution >= 0.6 is 0 Å². The van der Waals surface area contributed by atoms with Crippen molar-refractivity contribution in [2.24, 2.45) is 5.41 Å². The smallest absolute Gasteiger partial charge is 0.303 e. The summed E-state index contributed by atoms with van der Waals surface area (Å²) in [5, 5.41) is 8.78. The van der Waals surface area contributed by atoms with Crippen molar-refractivity contribution in [3.8, 4) is 0 Å². The van der Waals surface area contributed by atoms with Crippen LogP contribution in [0.5, 0.6) is 0 Å². The van der Waals surface area contributed by atoms with Gasteiger partial charge in [0, 0.05) is 25.3 Å². The summed E-state index contributed by atoms with van der Waals surface area (Å²) in [5.41, 5.74) is 0.0678. The molecule has 1 N–H and O–H groups in total. The topological polar surface area (TPSA) is 40.5 Å². The number of anilines is 1. The van der Waals surface area contributed by atoms with Crippen LogP contribution in [0.1, 0.15) is 20.3 Å². The molecule has 0 aromatic heterocycles. The Morgan fingerprint density at radius 2 is 1.94 bits per heavy atom. The van der Waals surface area contributed by atoms with E-state index in [0.29, 0.717) is 12.2 Å². The quantitative estimate of drug-likeness (QED) is 0.881. The SMILES string of the molecule is CN(CC(C)(C)CC(=O)O)c1ccc(F)c(F)c1. The number of hydrogen-bond acceptors (Lipinski definition) is 2. The molecule has 1 aromatic carbocycles. The molecule has 100 valence electrons. The Labute approximate surface area is 105 Å². The lowest BCUT2D eigenvalue weighted by Crippen LogP contribution is -2.33. The molecule has 3 nitrogen and oxygen atoms in total. The van der Waals surface area contributed by atoms with Crippen LogP contribution in [0.4, 0.5) is 14.5 Å². The van der Waals surface area contributed by atoms with E-state index in [-0.39, 0.29) is 6.42 Å². The Balaban J connectivity index is 2.78. The molecule has 1 aromatic rings. The zero-order chi connectivity index (χ0) is 13.9. The highest BCUT2D eigenvalue weighted by Crippen LogP contribution is 2.25. The van der Waals surface area contributed by atoms with E-state index < -0.39 is 23.0 Å². The summed E-state index contributed by atoms with van der Waals surface area (Å²) in [7, 11) is 1.72. The number of halogens is 2. The van der Waals surface area contributed by atoms with Gasteiger partial charge in [-0.15, -0.1) is 0 Å². The number of benzene rings is 1. The van der Waals surface area contributed by atoms with Gasteiger partial charge in [0.2, 0.25) is 0 Å². The molecule has 0 heterocycles. The van der Waals surface area contributed by atoms with Crippen molar-refractivity contribution in [2.45, 2.75) is 20.3 Å². The molecule has 18 heavy (non-hydrogen) atoms. The van der Waals surface area contributed by atoms with E-state index in [1.54, 1.807) is 11.9 Å². The van der Waals surface area contributed by atoms with Crippen LogP contribution in [-0.4, -0.2) is 24.7 Å². The summed E-state index contributed by atoms with van der Waals surface area (Å²) in [6.45, 7) is 4.07. The molecule has 0 atom stereocenters. The van der Waals surface area contributed by atoms with E-state index in [1.807, 2.05) is 13.8 Å². The minimum absolute atomic E-state index is 0.0149. The number of carbonyl (C=O) groups is 1. The Bertz CT molecular complexity index is 447. The van der Waals surface area contributed by atoms with Gasteiger partial charge in [-0.3, -0.25) is 4.79 Å². The van der Waals surface area contributed by atoms with Gasteiger partial charge in [0.25, 0.3) is 0 Å². The molecule has 1 rings (SSSR count). The van der Waals surface area contributed by atoms with Crippen molar-refractivity contribution in [3.05, 3.63) is 29.8 Å². The highest BCUT2D eigenvalue weighted by molar-refractivity contribution is 5.67. The monoisotopic (exact) mass is 257 g/mol. The predicted octanol–water partition coefficient (Wildman–Crippen LogP) is 2.90. The zero-order valence-electron chi connectivity index (χ0n) is 10.7. The maximum Gasteiger partial charge on any atom is 0.303 e. The van der Waals surface area contributed by atoms with Crippen molar-refractivity contribution in [1.82, 2.24) is 0 Å². The summed E-state index contributed by atoms with van der Waals surface area (Å²) in [5.74, 6) is -2.67. The van der Waals surface area contributed by atoms with E-state index in [9.17, 15) is 13.6 Å². The first-order valence-electron chi connectivity index (χ1n) is 5.59. The third-order valence-electron chi connectivity index (χ3n) is 2.64. The van der Waals surface area contributed by atoms with Gasteiger partial charge in [-0.2, -0.15) is 0 Å². The first-order valence-corrected chi connectivity index (χ1v) is 5.59. The van der Waals surface area contributed by atoms with Gasteiger partial charge in [0.15, 0.2) is 11.6 Å². The molecule has 0 aliphatic carbocycles. The first-order chi connectivity index (χ1) is 8.21. The maximum absolute atomic E-state index is 13.1. The summed E-state index contributed by atoms with van der Waals surface area (Å²) in [6, 6.07) is 3.63. The fraction of sp³-hybridized carbons (Fsp3) is 0.462. The van der Waals surface area contributed by atoms with Crippen molar-refractivity contribution < 1.29 is 18.7 Å². The third-order valence-corrected chi connectivity index (χ3v) is 2.64. The van der Waals surface area contributed by atoms with E-state index in [4.69, 9.17) is 5.11 Å². The van der Waals surface area contributed by atoms with Crippen LogP contribution < -0.4 is 4.90 Å². The molecule has 0 bridgehead atoms. The van der Waals surface area contributed by atoms with Gasteiger partial charge < -0.3 is 10.0 Å².